The first-order valence-corrected chi connectivity index (χ1v) is 8.84. The topological polar surface area (TPSA) is 175 Å². The summed E-state index contributed by atoms with van der Waals surface area (Å²) < 4.78 is 0. The summed E-state index contributed by atoms with van der Waals surface area (Å²) in [6.45, 7) is 4.08. The van der Waals surface area contributed by atoms with Crippen LogP contribution in [-0.2, 0) is 6.42 Å². The predicted molar refractivity (Wildman–Crippen MR) is 110 cm³/mol. The molecule has 31 heavy (non-hydrogen) atoms. The summed E-state index contributed by atoms with van der Waals surface area (Å²) in [5.41, 5.74) is 0.191. The first-order chi connectivity index (χ1) is 14.6. The third-order valence-corrected chi connectivity index (χ3v) is 3.94. The molecule has 2 aromatic carbocycles. The van der Waals surface area contributed by atoms with Crippen molar-refractivity contribution in [3.8, 4) is 17.0 Å². The maximum Gasteiger partial charge on any atom is 0.324 e. The van der Waals surface area contributed by atoms with Crippen molar-refractivity contribution < 1.29 is 19.9 Å². The van der Waals surface area contributed by atoms with Crippen LogP contribution in [0.4, 0.5) is 17.1 Å². The molecule has 12 heteroatoms. The first-order valence-electron chi connectivity index (χ1n) is 8.84. The number of rotatable bonds is 5. The number of hydrogen-bond donors (Lipinski definition) is 1. The number of non-ortho nitro benzene ring substituents is 1. The Morgan fingerprint density at radius 3 is 1.87 bits per heavy atom. The smallest absolute Gasteiger partial charge is 0.324 e. The molecule has 1 N–H and O–H groups in total. The lowest BCUT2D eigenvalue weighted by molar-refractivity contribution is -0.404. The molecule has 0 radical (unpaired) electrons. The number of phenols is 1. The minimum atomic E-state index is -1.21. The lowest BCUT2D eigenvalue weighted by Crippen LogP contribution is -1.97. The Morgan fingerprint density at radius 1 is 0.871 bits per heavy atom. The largest absolute Gasteiger partial charge is 0.497 e. The molecule has 0 bridgehead atoms. The first kappa shape index (κ1) is 22.8. The Bertz CT molecular complexity index is 1100. The van der Waals surface area contributed by atoms with E-state index in [0.717, 1.165) is 29.2 Å². The van der Waals surface area contributed by atoms with Gasteiger partial charge in [0.2, 0.25) is 0 Å². The van der Waals surface area contributed by atoms with Crippen LogP contribution in [0.2, 0.25) is 0 Å². The van der Waals surface area contributed by atoms with Crippen molar-refractivity contribution in [3.63, 3.8) is 0 Å². The lowest BCUT2D eigenvalue weighted by atomic mass is 10.1. The molecule has 0 atom stereocenters. The van der Waals surface area contributed by atoms with Gasteiger partial charge >= 0.3 is 11.4 Å². The summed E-state index contributed by atoms with van der Waals surface area (Å²) in [7, 11) is 0. The molecule has 12 nitrogen and oxygen atoms in total. The van der Waals surface area contributed by atoms with Gasteiger partial charge in [-0.25, -0.2) is 9.97 Å². The van der Waals surface area contributed by atoms with Crippen molar-refractivity contribution in [2.45, 2.75) is 20.3 Å². The van der Waals surface area contributed by atoms with Gasteiger partial charge in [0.1, 0.15) is 5.82 Å². The van der Waals surface area contributed by atoms with Gasteiger partial charge in [-0.1, -0.05) is 37.3 Å². The number of benzene rings is 2. The zero-order chi connectivity index (χ0) is 23.1. The van der Waals surface area contributed by atoms with Crippen LogP contribution >= 0.6 is 0 Å². The van der Waals surface area contributed by atoms with Crippen molar-refractivity contribution in [1.29, 1.82) is 0 Å². The Hall–Kier alpha value is -4.48. The number of nitro groups is 3. The number of aromatic hydroxyl groups is 1. The minimum absolute atomic E-state index is 0.447. The van der Waals surface area contributed by atoms with E-state index in [1.54, 1.807) is 0 Å². The quantitative estimate of drug-likeness (QED) is 0.463. The van der Waals surface area contributed by atoms with Gasteiger partial charge in [-0.2, -0.15) is 0 Å². The molecule has 0 saturated heterocycles. The molecule has 160 valence electrons. The standard InChI is InChI=1S/C13H14N2.C6H3N3O7/c1-3-13-14-10(2)9-12(15-13)11-7-5-4-6-8-11;10-6-4(8(13)14)1-3(7(11)12)2-5(6)9(15)16/h4-9H,3H2,1-2H3;1-2,10H. The summed E-state index contributed by atoms with van der Waals surface area (Å²) in [4.78, 5) is 36.6. The fraction of sp³-hybridized carbons (Fsp3) is 0.158. The third kappa shape index (κ3) is 5.76. The molecule has 0 aliphatic carbocycles. The average Bonchev–Trinajstić information content (AvgIpc) is 2.73. The highest BCUT2D eigenvalue weighted by atomic mass is 16.6. The fourth-order valence-electron chi connectivity index (χ4n) is 2.52. The molecule has 0 aliphatic rings. The van der Waals surface area contributed by atoms with E-state index in [2.05, 4.69) is 29.0 Å². The highest BCUT2D eigenvalue weighted by Gasteiger charge is 2.30. The minimum Gasteiger partial charge on any atom is -0.497 e. The van der Waals surface area contributed by atoms with Gasteiger partial charge < -0.3 is 5.11 Å². The molecule has 0 fully saturated rings. The number of aromatic nitrogens is 2. The van der Waals surface area contributed by atoms with Crippen LogP contribution in [0.25, 0.3) is 11.3 Å². The molecule has 0 saturated carbocycles. The Balaban J connectivity index is 0.000000220. The van der Waals surface area contributed by atoms with E-state index in [9.17, 15) is 30.3 Å². The Labute approximate surface area is 175 Å². The van der Waals surface area contributed by atoms with E-state index in [4.69, 9.17) is 5.11 Å². The van der Waals surface area contributed by atoms with Crippen LogP contribution in [0.3, 0.4) is 0 Å². The van der Waals surface area contributed by atoms with E-state index in [1.807, 2.05) is 31.2 Å². The summed E-state index contributed by atoms with van der Waals surface area (Å²) in [6.07, 6.45) is 0.877. The van der Waals surface area contributed by atoms with E-state index < -0.39 is 37.6 Å². The van der Waals surface area contributed by atoms with E-state index >= 15 is 0 Å². The van der Waals surface area contributed by atoms with Crippen LogP contribution in [0.15, 0.2) is 48.5 Å². The van der Waals surface area contributed by atoms with Gasteiger partial charge in [-0.15, -0.1) is 0 Å². The average molecular weight is 427 g/mol. The second kappa shape index (κ2) is 9.82. The summed E-state index contributed by atoms with van der Waals surface area (Å²) in [5, 5.41) is 40.2. The number of phenolic OH excluding ortho intramolecular Hbond substituents is 1. The second-order valence-electron chi connectivity index (χ2n) is 6.13. The Kier molecular flexibility index (Phi) is 7.23. The highest BCUT2D eigenvalue weighted by Crippen LogP contribution is 2.38. The highest BCUT2D eigenvalue weighted by molar-refractivity contribution is 5.64. The Morgan fingerprint density at radius 2 is 1.42 bits per heavy atom. The number of hydrogen-bond acceptors (Lipinski definition) is 9. The van der Waals surface area contributed by atoms with Crippen LogP contribution in [0.1, 0.15) is 18.4 Å². The van der Waals surface area contributed by atoms with Gasteiger partial charge in [0.05, 0.1) is 32.6 Å². The summed E-state index contributed by atoms with van der Waals surface area (Å²) >= 11 is 0. The molecular formula is C19H17N5O7. The molecular weight excluding hydrogens is 410 g/mol. The predicted octanol–water partition coefficient (Wildman–Crippen LogP) is 4.13. The normalized spacial score (nSPS) is 10.0. The molecule has 0 unspecified atom stereocenters. The van der Waals surface area contributed by atoms with Crippen molar-refractivity contribution in [2.75, 3.05) is 0 Å². The monoisotopic (exact) mass is 427 g/mol. The summed E-state index contributed by atoms with van der Waals surface area (Å²) in [6, 6.07) is 13.1. The van der Waals surface area contributed by atoms with Gasteiger partial charge in [0, 0.05) is 17.7 Å². The molecule has 0 amide bonds. The molecule has 0 spiro atoms. The number of nitrogens with zero attached hydrogens (tertiary/aromatic N) is 5. The number of nitro benzene ring substituents is 3. The fourth-order valence-corrected chi connectivity index (χ4v) is 2.52. The maximum absolute atomic E-state index is 10.4. The van der Waals surface area contributed by atoms with Crippen LogP contribution in [0, 0.1) is 37.3 Å². The summed E-state index contributed by atoms with van der Waals surface area (Å²) in [5.74, 6) is -0.297. The van der Waals surface area contributed by atoms with Crippen molar-refractivity contribution in [3.05, 3.63) is 90.4 Å². The van der Waals surface area contributed by atoms with E-state index in [1.165, 1.54) is 0 Å². The van der Waals surface area contributed by atoms with Crippen LogP contribution < -0.4 is 0 Å². The molecule has 3 aromatic rings. The second-order valence-corrected chi connectivity index (χ2v) is 6.13. The van der Waals surface area contributed by atoms with Gasteiger partial charge in [-0.3, -0.25) is 30.3 Å². The maximum atomic E-state index is 10.4. The molecule has 3 rings (SSSR count). The zero-order valence-corrected chi connectivity index (χ0v) is 16.5. The van der Waals surface area contributed by atoms with E-state index in [0.29, 0.717) is 12.1 Å². The van der Waals surface area contributed by atoms with Crippen LogP contribution in [-0.4, -0.2) is 29.8 Å². The number of aryl methyl sites for hydroxylation is 2. The van der Waals surface area contributed by atoms with Crippen molar-refractivity contribution in [1.82, 2.24) is 9.97 Å². The van der Waals surface area contributed by atoms with E-state index in [-0.39, 0.29) is 0 Å². The van der Waals surface area contributed by atoms with Gasteiger partial charge in [0.25, 0.3) is 11.4 Å². The SMILES string of the molecule is CCc1nc(C)cc(-c2ccccc2)n1.O=[N+]([O-])c1cc([N+](=O)[O-])c(O)c([N+](=O)[O-])c1. The molecule has 0 aliphatic heterocycles. The van der Waals surface area contributed by atoms with Crippen molar-refractivity contribution >= 4 is 17.1 Å². The van der Waals surface area contributed by atoms with Crippen LogP contribution in [0.5, 0.6) is 5.75 Å². The van der Waals surface area contributed by atoms with Crippen molar-refractivity contribution in [2.24, 2.45) is 0 Å². The zero-order valence-electron chi connectivity index (χ0n) is 16.5. The molecule has 1 heterocycles. The van der Waals surface area contributed by atoms with Gasteiger partial charge in [-0.05, 0) is 13.0 Å². The van der Waals surface area contributed by atoms with Gasteiger partial charge in [0.15, 0.2) is 0 Å². The third-order valence-electron chi connectivity index (χ3n) is 3.94. The lowest BCUT2D eigenvalue weighted by Gasteiger charge is -2.04. The molecule has 1 aromatic heterocycles.